The molecule has 1 aliphatic rings. The van der Waals surface area contributed by atoms with Gasteiger partial charge in [-0.25, -0.2) is 0 Å². The molecule has 0 aromatic heterocycles. The van der Waals surface area contributed by atoms with E-state index in [1.165, 1.54) is 11.3 Å². The molecule has 5 nitrogen and oxygen atoms in total. The summed E-state index contributed by atoms with van der Waals surface area (Å²) in [4.78, 5) is 2.42. The van der Waals surface area contributed by atoms with Crippen molar-refractivity contribution in [2.24, 2.45) is 0 Å². The van der Waals surface area contributed by atoms with Crippen molar-refractivity contribution in [1.29, 1.82) is 0 Å². The first-order chi connectivity index (χ1) is 15.3. The Labute approximate surface area is 184 Å². The standard InChI is InChI=1S/C26H30N2O3/c1-29-25-11-7-22(8-12-25)18-30-20-24-17-27-15-16-28(24)23-9-13-26(14-10-23)31-19-21-5-3-2-4-6-21/h2-14,24,27H,15-20H2,1H3/t24-/m1/s1. The summed E-state index contributed by atoms with van der Waals surface area (Å²) in [5, 5.41) is 3.49. The van der Waals surface area contributed by atoms with Gasteiger partial charge in [0.05, 0.1) is 26.4 Å². The zero-order chi connectivity index (χ0) is 21.3. The lowest BCUT2D eigenvalue weighted by molar-refractivity contribution is 0.102. The fraction of sp³-hybridized carbons (Fsp3) is 0.308. The number of piperazine rings is 1. The van der Waals surface area contributed by atoms with E-state index in [2.05, 4.69) is 46.6 Å². The van der Waals surface area contributed by atoms with E-state index >= 15 is 0 Å². The van der Waals surface area contributed by atoms with Crippen LogP contribution in [0.2, 0.25) is 0 Å². The van der Waals surface area contributed by atoms with E-state index in [-0.39, 0.29) is 0 Å². The number of methoxy groups -OCH3 is 1. The normalized spacial score (nSPS) is 16.2. The summed E-state index contributed by atoms with van der Waals surface area (Å²) in [6, 6.07) is 26.9. The molecule has 1 aliphatic heterocycles. The molecule has 0 aliphatic carbocycles. The van der Waals surface area contributed by atoms with E-state index in [0.29, 0.717) is 25.9 Å². The lowest BCUT2D eigenvalue weighted by atomic mass is 10.1. The molecule has 1 heterocycles. The highest BCUT2D eigenvalue weighted by molar-refractivity contribution is 5.50. The summed E-state index contributed by atoms with van der Waals surface area (Å²) < 4.78 is 17.2. The first-order valence-electron chi connectivity index (χ1n) is 10.8. The van der Waals surface area contributed by atoms with Crippen molar-refractivity contribution in [3.05, 3.63) is 90.0 Å². The van der Waals surface area contributed by atoms with Crippen LogP contribution in [0.4, 0.5) is 5.69 Å². The van der Waals surface area contributed by atoms with E-state index in [9.17, 15) is 0 Å². The highest BCUT2D eigenvalue weighted by Crippen LogP contribution is 2.23. The van der Waals surface area contributed by atoms with Crippen LogP contribution < -0.4 is 19.7 Å². The molecule has 3 aromatic carbocycles. The van der Waals surface area contributed by atoms with Crippen LogP contribution in [0, 0.1) is 0 Å². The Bertz CT molecular complexity index is 914. The molecule has 3 aromatic rings. The number of nitrogens with zero attached hydrogens (tertiary/aromatic N) is 1. The van der Waals surface area contributed by atoms with Crippen molar-refractivity contribution in [2.75, 3.05) is 38.3 Å². The Balaban J connectivity index is 1.31. The topological polar surface area (TPSA) is 43.0 Å². The largest absolute Gasteiger partial charge is 0.497 e. The van der Waals surface area contributed by atoms with E-state index in [1.807, 2.05) is 42.5 Å². The minimum atomic E-state index is 0.295. The molecular formula is C26H30N2O3. The first-order valence-corrected chi connectivity index (χ1v) is 10.8. The van der Waals surface area contributed by atoms with Gasteiger partial charge in [-0.05, 0) is 47.5 Å². The second-order valence-corrected chi connectivity index (χ2v) is 7.68. The highest BCUT2D eigenvalue weighted by Gasteiger charge is 2.22. The van der Waals surface area contributed by atoms with Crippen molar-refractivity contribution in [3.8, 4) is 11.5 Å². The van der Waals surface area contributed by atoms with Crippen LogP contribution in [-0.2, 0) is 18.0 Å². The number of ether oxygens (including phenoxy) is 3. The van der Waals surface area contributed by atoms with Crippen LogP contribution in [-0.4, -0.2) is 39.4 Å². The molecule has 0 spiro atoms. The summed E-state index contributed by atoms with van der Waals surface area (Å²) in [6.45, 7) is 4.69. The van der Waals surface area contributed by atoms with Crippen LogP contribution in [0.5, 0.6) is 11.5 Å². The third-order valence-electron chi connectivity index (χ3n) is 5.50. The van der Waals surface area contributed by atoms with Crippen LogP contribution in [0.3, 0.4) is 0 Å². The number of anilines is 1. The second kappa shape index (κ2) is 10.8. The van der Waals surface area contributed by atoms with Crippen molar-refractivity contribution in [2.45, 2.75) is 19.3 Å². The van der Waals surface area contributed by atoms with Crippen LogP contribution in [0.1, 0.15) is 11.1 Å². The summed E-state index contributed by atoms with van der Waals surface area (Å²) >= 11 is 0. The van der Waals surface area contributed by atoms with Crippen LogP contribution >= 0.6 is 0 Å². The average Bonchev–Trinajstić information content (AvgIpc) is 2.84. The molecule has 1 N–H and O–H groups in total. The minimum absolute atomic E-state index is 0.295. The lowest BCUT2D eigenvalue weighted by Crippen LogP contribution is -2.53. The minimum Gasteiger partial charge on any atom is -0.497 e. The molecule has 0 amide bonds. The van der Waals surface area contributed by atoms with Crippen LogP contribution in [0.15, 0.2) is 78.9 Å². The SMILES string of the molecule is COc1ccc(COC[C@H]2CNCCN2c2ccc(OCc3ccccc3)cc2)cc1. The summed E-state index contributed by atoms with van der Waals surface area (Å²) in [5.74, 6) is 1.75. The Kier molecular flexibility index (Phi) is 7.42. The number of hydrogen-bond donors (Lipinski definition) is 1. The van der Waals surface area contributed by atoms with Crippen molar-refractivity contribution in [3.63, 3.8) is 0 Å². The van der Waals surface area contributed by atoms with Gasteiger partial charge in [0, 0.05) is 25.3 Å². The number of nitrogens with one attached hydrogen (secondary N) is 1. The third kappa shape index (κ3) is 6.00. The zero-order valence-electron chi connectivity index (χ0n) is 18.0. The lowest BCUT2D eigenvalue weighted by Gasteiger charge is -2.38. The van der Waals surface area contributed by atoms with E-state index in [0.717, 1.165) is 36.7 Å². The van der Waals surface area contributed by atoms with Gasteiger partial charge in [-0.1, -0.05) is 42.5 Å². The Morgan fingerprint density at radius 2 is 1.55 bits per heavy atom. The molecule has 1 atom stereocenters. The van der Waals surface area contributed by atoms with E-state index in [1.54, 1.807) is 7.11 Å². The maximum atomic E-state index is 6.05. The van der Waals surface area contributed by atoms with Gasteiger partial charge in [-0.2, -0.15) is 0 Å². The van der Waals surface area contributed by atoms with Gasteiger partial charge < -0.3 is 24.4 Å². The third-order valence-corrected chi connectivity index (χ3v) is 5.50. The Hall–Kier alpha value is -3.02. The number of hydrogen-bond acceptors (Lipinski definition) is 5. The average molecular weight is 419 g/mol. The van der Waals surface area contributed by atoms with E-state index in [4.69, 9.17) is 14.2 Å². The predicted octanol–water partition coefficient (Wildman–Crippen LogP) is 4.27. The molecule has 0 bridgehead atoms. The van der Waals surface area contributed by atoms with Gasteiger partial charge in [0.2, 0.25) is 0 Å². The molecule has 31 heavy (non-hydrogen) atoms. The molecule has 4 rings (SSSR count). The first kappa shape index (κ1) is 21.2. The van der Waals surface area contributed by atoms with Crippen molar-refractivity contribution < 1.29 is 14.2 Å². The molecule has 1 saturated heterocycles. The molecule has 5 heteroatoms. The van der Waals surface area contributed by atoms with Crippen LogP contribution in [0.25, 0.3) is 0 Å². The fourth-order valence-electron chi connectivity index (χ4n) is 3.76. The summed E-state index contributed by atoms with van der Waals surface area (Å²) in [5.41, 5.74) is 3.52. The molecule has 0 unspecified atom stereocenters. The Morgan fingerprint density at radius 3 is 2.29 bits per heavy atom. The summed E-state index contributed by atoms with van der Waals surface area (Å²) in [7, 11) is 1.68. The Morgan fingerprint density at radius 1 is 0.839 bits per heavy atom. The molecule has 0 saturated carbocycles. The smallest absolute Gasteiger partial charge is 0.119 e. The van der Waals surface area contributed by atoms with Crippen molar-refractivity contribution >= 4 is 5.69 Å². The highest BCUT2D eigenvalue weighted by atomic mass is 16.5. The summed E-state index contributed by atoms with van der Waals surface area (Å²) in [6.07, 6.45) is 0. The molecule has 0 radical (unpaired) electrons. The molecule has 1 fully saturated rings. The van der Waals surface area contributed by atoms with Gasteiger partial charge in [0.25, 0.3) is 0 Å². The quantitative estimate of drug-likeness (QED) is 0.562. The van der Waals surface area contributed by atoms with Crippen molar-refractivity contribution in [1.82, 2.24) is 5.32 Å². The van der Waals surface area contributed by atoms with Gasteiger partial charge >= 0.3 is 0 Å². The second-order valence-electron chi connectivity index (χ2n) is 7.68. The van der Waals surface area contributed by atoms with Gasteiger partial charge in [0.15, 0.2) is 0 Å². The monoisotopic (exact) mass is 418 g/mol. The maximum absolute atomic E-state index is 6.05. The molecule has 162 valence electrons. The van der Waals surface area contributed by atoms with Gasteiger partial charge in [-0.3, -0.25) is 0 Å². The number of benzene rings is 3. The molecular weight excluding hydrogens is 388 g/mol. The van der Waals surface area contributed by atoms with Gasteiger partial charge in [-0.15, -0.1) is 0 Å². The van der Waals surface area contributed by atoms with Gasteiger partial charge in [0.1, 0.15) is 18.1 Å². The van der Waals surface area contributed by atoms with E-state index < -0.39 is 0 Å². The fourth-order valence-corrected chi connectivity index (χ4v) is 3.76. The maximum Gasteiger partial charge on any atom is 0.119 e. The number of rotatable bonds is 9. The predicted molar refractivity (Wildman–Crippen MR) is 124 cm³/mol. The zero-order valence-corrected chi connectivity index (χ0v) is 18.0.